The van der Waals surface area contributed by atoms with Crippen LogP contribution in [0.4, 0.5) is 13.2 Å². The second-order valence-electron chi connectivity index (χ2n) is 5.54. The zero-order valence-corrected chi connectivity index (χ0v) is 15.9. The molecule has 12 heteroatoms. The number of hydrogen-bond acceptors (Lipinski definition) is 6. The molecule has 0 bridgehead atoms. The van der Waals surface area contributed by atoms with Gasteiger partial charge in [0, 0.05) is 13.2 Å². The first-order valence-corrected chi connectivity index (χ1v) is 8.33. The average Bonchev–Trinajstić information content (AvgIpc) is 2.91. The number of carbonyl (C=O) groups is 1. The zero-order chi connectivity index (χ0) is 21.0. The molecule has 1 atom stereocenters. The molecule has 0 fully saturated rings. The molecule has 2 rings (SSSR count). The molecule has 0 N–H and O–H groups in total. The normalized spacial score (nSPS) is 12.3. The van der Waals surface area contributed by atoms with Gasteiger partial charge in [-0.3, -0.25) is 0 Å². The fourth-order valence-electron chi connectivity index (χ4n) is 2.21. The second kappa shape index (κ2) is 9.11. The van der Waals surface area contributed by atoms with E-state index >= 15 is 0 Å². The number of esters is 1. The molecule has 0 aliphatic heterocycles. The molecule has 8 nitrogen and oxygen atoms in total. The molecule has 0 aliphatic rings. The van der Waals surface area contributed by atoms with E-state index in [1.54, 1.807) is 0 Å². The van der Waals surface area contributed by atoms with E-state index in [9.17, 15) is 22.8 Å². The van der Waals surface area contributed by atoms with Crippen LogP contribution in [0.5, 0.6) is 5.75 Å². The van der Waals surface area contributed by atoms with Gasteiger partial charge in [-0.25, -0.2) is 18.5 Å². The number of benzene rings is 1. The number of halogens is 4. The predicted octanol–water partition coefficient (Wildman–Crippen LogP) is 2.49. The molecule has 0 spiro atoms. The first kappa shape index (κ1) is 21.8. The first-order chi connectivity index (χ1) is 13.2. The molecule has 1 heterocycles. The van der Waals surface area contributed by atoms with Crippen molar-refractivity contribution in [2.75, 3.05) is 20.3 Å². The lowest BCUT2D eigenvalue weighted by molar-refractivity contribution is -0.152. The van der Waals surface area contributed by atoms with E-state index in [1.807, 2.05) is 0 Å². The molecule has 0 aliphatic carbocycles. The minimum atomic E-state index is -3.14. The number of rotatable bonds is 8. The summed E-state index contributed by atoms with van der Waals surface area (Å²) in [6.07, 6.45) is -1.12. The summed E-state index contributed by atoms with van der Waals surface area (Å²) in [6.45, 7) is -0.404. The van der Waals surface area contributed by atoms with Gasteiger partial charge < -0.3 is 14.2 Å². The molecule has 0 amide bonds. The lowest BCUT2D eigenvalue weighted by Gasteiger charge is -2.16. The molecule has 154 valence electrons. The molecule has 0 saturated heterocycles. The predicted molar refractivity (Wildman–Crippen MR) is 91.7 cm³/mol. The number of aryl methyl sites for hydroxylation is 1. The third kappa shape index (κ3) is 4.65. The summed E-state index contributed by atoms with van der Waals surface area (Å²) >= 11 is 5.92. The number of carbonyl (C=O) groups excluding carboxylic acids is 1. The van der Waals surface area contributed by atoms with Crippen LogP contribution in [0, 0.1) is 12.7 Å². The van der Waals surface area contributed by atoms with Crippen LogP contribution in [0.3, 0.4) is 0 Å². The number of hydrogen-bond donors (Lipinski definition) is 0. The van der Waals surface area contributed by atoms with Crippen molar-refractivity contribution in [3.8, 4) is 11.4 Å². The van der Waals surface area contributed by atoms with E-state index in [0.29, 0.717) is 4.68 Å². The summed E-state index contributed by atoms with van der Waals surface area (Å²) in [4.78, 5) is 24.0. The highest BCUT2D eigenvalue weighted by atomic mass is 35.5. The van der Waals surface area contributed by atoms with Crippen molar-refractivity contribution in [1.29, 1.82) is 0 Å². The third-order valence-electron chi connectivity index (χ3n) is 3.57. The minimum Gasteiger partial charge on any atom is -0.477 e. The number of methoxy groups -OCH3 is 1. The molecule has 2 aromatic rings. The summed E-state index contributed by atoms with van der Waals surface area (Å²) in [6, 6.07) is 1.80. The summed E-state index contributed by atoms with van der Waals surface area (Å²) in [5.74, 6) is -2.19. The lowest BCUT2D eigenvalue weighted by Crippen LogP contribution is -2.28. The van der Waals surface area contributed by atoms with Crippen LogP contribution in [0.1, 0.15) is 19.3 Å². The van der Waals surface area contributed by atoms with Crippen molar-refractivity contribution >= 4 is 17.6 Å². The molecule has 28 heavy (non-hydrogen) atoms. The van der Waals surface area contributed by atoms with Gasteiger partial charge in [-0.2, -0.15) is 13.5 Å². The van der Waals surface area contributed by atoms with E-state index in [2.05, 4.69) is 5.10 Å². The van der Waals surface area contributed by atoms with Crippen LogP contribution >= 0.6 is 11.6 Å². The van der Waals surface area contributed by atoms with E-state index < -0.39 is 35.8 Å². The van der Waals surface area contributed by atoms with Gasteiger partial charge in [0.25, 0.3) is 0 Å². The van der Waals surface area contributed by atoms with Crippen molar-refractivity contribution < 1.29 is 32.2 Å². The fourth-order valence-corrected chi connectivity index (χ4v) is 2.41. The smallest absolute Gasteiger partial charge is 0.355 e. The molecule has 0 radical (unpaired) electrons. The molecule has 0 saturated carbocycles. The summed E-state index contributed by atoms with van der Waals surface area (Å²) in [5.41, 5.74) is -1.71. The molecular weight excluding hydrogens is 407 g/mol. The Morgan fingerprint density at radius 1 is 1.32 bits per heavy atom. The Labute approximate surface area is 162 Å². The lowest BCUT2D eigenvalue weighted by atomic mass is 10.2. The van der Waals surface area contributed by atoms with Crippen LogP contribution in [-0.4, -0.2) is 46.7 Å². The summed E-state index contributed by atoms with van der Waals surface area (Å²) in [7, 11) is 1.44. The highest BCUT2D eigenvalue weighted by molar-refractivity contribution is 6.32. The molecule has 1 aromatic heterocycles. The van der Waals surface area contributed by atoms with Gasteiger partial charge in [-0.05, 0) is 19.9 Å². The Morgan fingerprint density at radius 3 is 2.57 bits per heavy atom. The SMILES string of the molecule is COCCOC(=O)C(C)Oc1cc(-n2nc(C)n(C(F)F)c2=O)c(F)cc1Cl. The average molecular weight is 424 g/mol. The van der Waals surface area contributed by atoms with Gasteiger partial charge in [0.1, 0.15) is 23.9 Å². The quantitative estimate of drug-likeness (QED) is 0.479. The molecular formula is C16H17ClF3N3O5. The van der Waals surface area contributed by atoms with Crippen molar-refractivity contribution in [3.05, 3.63) is 39.3 Å². The largest absolute Gasteiger partial charge is 0.477 e. The summed E-state index contributed by atoms with van der Waals surface area (Å²) < 4.78 is 55.8. The first-order valence-electron chi connectivity index (χ1n) is 7.95. The van der Waals surface area contributed by atoms with Crippen LogP contribution in [0.2, 0.25) is 5.02 Å². The monoisotopic (exact) mass is 423 g/mol. The fraction of sp³-hybridized carbons (Fsp3) is 0.438. The summed E-state index contributed by atoms with van der Waals surface area (Å²) in [5, 5.41) is 3.44. The van der Waals surface area contributed by atoms with Crippen LogP contribution in [0.25, 0.3) is 5.69 Å². The maximum atomic E-state index is 14.3. The standard InChI is InChI=1S/C16H17ClF3N3O5/c1-8(14(24)27-5-4-26-3)28-13-7-12(11(18)6-10(13)17)23-16(25)22(15(19)20)9(2)21-23/h6-8,15H,4-5H2,1-3H3. The Bertz CT molecular complexity index is 916. The Hall–Kier alpha value is -2.53. The van der Waals surface area contributed by atoms with Crippen LogP contribution in [0.15, 0.2) is 16.9 Å². The van der Waals surface area contributed by atoms with Crippen molar-refractivity contribution in [1.82, 2.24) is 14.3 Å². The Morgan fingerprint density at radius 2 is 2.00 bits per heavy atom. The second-order valence-corrected chi connectivity index (χ2v) is 5.95. The molecule has 1 aromatic carbocycles. The van der Waals surface area contributed by atoms with Gasteiger partial charge >= 0.3 is 18.2 Å². The topological polar surface area (TPSA) is 84.6 Å². The number of aromatic nitrogens is 3. The third-order valence-corrected chi connectivity index (χ3v) is 3.87. The number of nitrogens with zero attached hydrogens (tertiary/aromatic N) is 3. The maximum absolute atomic E-state index is 14.3. The highest BCUT2D eigenvalue weighted by Crippen LogP contribution is 2.30. The van der Waals surface area contributed by atoms with E-state index in [1.165, 1.54) is 21.0 Å². The van der Waals surface area contributed by atoms with Crippen molar-refractivity contribution in [2.45, 2.75) is 26.5 Å². The van der Waals surface area contributed by atoms with Crippen molar-refractivity contribution in [2.24, 2.45) is 0 Å². The number of ether oxygens (including phenoxy) is 3. The van der Waals surface area contributed by atoms with Gasteiger partial charge in [-0.1, -0.05) is 11.6 Å². The van der Waals surface area contributed by atoms with Gasteiger partial charge in [0.05, 0.1) is 11.6 Å². The van der Waals surface area contributed by atoms with Gasteiger partial charge in [0.15, 0.2) is 11.9 Å². The van der Waals surface area contributed by atoms with E-state index in [4.69, 9.17) is 25.8 Å². The Kier molecular flexibility index (Phi) is 7.08. The van der Waals surface area contributed by atoms with Gasteiger partial charge in [0.2, 0.25) is 0 Å². The number of alkyl halides is 2. The Balaban J connectivity index is 2.34. The minimum absolute atomic E-state index is 0.00513. The van der Waals surface area contributed by atoms with Gasteiger partial charge in [-0.15, -0.1) is 5.10 Å². The zero-order valence-electron chi connectivity index (χ0n) is 15.1. The molecule has 1 unspecified atom stereocenters. The van der Waals surface area contributed by atoms with Crippen LogP contribution in [-0.2, 0) is 14.3 Å². The van der Waals surface area contributed by atoms with Crippen molar-refractivity contribution in [3.63, 3.8) is 0 Å². The van der Waals surface area contributed by atoms with E-state index in [0.717, 1.165) is 12.1 Å². The maximum Gasteiger partial charge on any atom is 0.355 e. The van der Waals surface area contributed by atoms with Crippen LogP contribution < -0.4 is 10.4 Å². The highest BCUT2D eigenvalue weighted by Gasteiger charge is 2.23. The van der Waals surface area contributed by atoms with E-state index in [-0.39, 0.29) is 34.4 Å².